The van der Waals surface area contributed by atoms with Crippen molar-refractivity contribution in [2.45, 2.75) is 11.8 Å². The van der Waals surface area contributed by atoms with Crippen LogP contribution in [0, 0.1) is 4.77 Å². The number of aromatic amines is 1. The molecule has 1 N–H and O–H groups in total. The quantitative estimate of drug-likeness (QED) is 0.327. The molecule has 2 aliphatic carbocycles. The second kappa shape index (κ2) is 8.03. The first-order valence-electron chi connectivity index (χ1n) is 8.95. The molecule has 0 bridgehead atoms. The van der Waals surface area contributed by atoms with Gasteiger partial charge < -0.3 is 4.98 Å². The number of halogens is 6. The van der Waals surface area contributed by atoms with Gasteiger partial charge in [-0.1, -0.05) is 93.9 Å². The molecule has 3 nitrogen and oxygen atoms in total. The molecule has 0 fully saturated rings. The monoisotopic (exact) mass is 545 g/mol. The van der Waals surface area contributed by atoms with E-state index in [9.17, 15) is 0 Å². The highest BCUT2D eigenvalue weighted by Crippen LogP contribution is 2.52. The molecule has 2 aliphatic rings. The molecule has 0 radical (unpaired) electrons. The van der Waals surface area contributed by atoms with Gasteiger partial charge in [-0.05, 0) is 35.5 Å². The maximum atomic E-state index is 6.62. The van der Waals surface area contributed by atoms with Crippen LogP contribution in [0.25, 0.3) is 10.1 Å². The van der Waals surface area contributed by atoms with Crippen LogP contribution < -0.4 is 0 Å². The lowest BCUT2D eigenvalue weighted by Gasteiger charge is -2.17. The Morgan fingerprint density at radius 2 is 1.10 bits per heavy atom. The van der Waals surface area contributed by atoms with E-state index in [1.54, 1.807) is 12.1 Å². The number of aromatic nitrogens is 3. The molecule has 5 rings (SSSR count). The van der Waals surface area contributed by atoms with Crippen molar-refractivity contribution in [1.82, 2.24) is 15.0 Å². The zero-order valence-electron chi connectivity index (χ0n) is 15.2. The Balaban J connectivity index is 1.70. The lowest BCUT2D eigenvalue weighted by atomic mass is 9.98. The Morgan fingerprint density at radius 1 is 0.677 bits per heavy atom. The smallest absolute Gasteiger partial charge is 0.222 e. The second-order valence-corrected chi connectivity index (χ2v) is 9.75. The van der Waals surface area contributed by atoms with Crippen LogP contribution in [0.5, 0.6) is 0 Å². The normalized spacial score (nSPS) is 19.8. The molecular weight excluding hydrogens is 539 g/mol. The summed E-state index contributed by atoms with van der Waals surface area (Å²) in [6, 6.07) is 11.0. The number of benzene rings is 2. The summed E-state index contributed by atoms with van der Waals surface area (Å²) in [7, 11) is 0. The first-order chi connectivity index (χ1) is 14.8. The number of hydrogen-bond acceptors (Lipinski definition) is 3. The molecule has 0 amide bonds. The van der Waals surface area contributed by atoms with Crippen molar-refractivity contribution in [3.05, 3.63) is 95.2 Å². The Morgan fingerprint density at radius 3 is 1.52 bits per heavy atom. The van der Waals surface area contributed by atoms with Crippen molar-refractivity contribution in [3.8, 4) is 0 Å². The van der Waals surface area contributed by atoms with Crippen molar-refractivity contribution < 1.29 is 0 Å². The van der Waals surface area contributed by atoms with Gasteiger partial charge in [-0.3, -0.25) is 0 Å². The number of nitrogens with one attached hydrogen (secondary N) is 1. The summed E-state index contributed by atoms with van der Waals surface area (Å²) < 4.78 is 0.135. The molecule has 2 atom stereocenters. The molecule has 0 saturated carbocycles. The summed E-state index contributed by atoms with van der Waals surface area (Å²) in [4.78, 5) is 12.1. The van der Waals surface area contributed by atoms with Gasteiger partial charge in [0, 0.05) is 21.2 Å². The average molecular weight is 548 g/mol. The van der Waals surface area contributed by atoms with Crippen LogP contribution in [-0.4, -0.2) is 15.0 Å². The third-order valence-electron chi connectivity index (χ3n) is 5.31. The van der Waals surface area contributed by atoms with Crippen LogP contribution in [0.2, 0.25) is 10.0 Å². The minimum Gasteiger partial charge on any atom is -0.330 e. The van der Waals surface area contributed by atoms with Gasteiger partial charge in [0.25, 0.3) is 0 Å². The van der Waals surface area contributed by atoms with E-state index >= 15 is 0 Å². The molecule has 156 valence electrons. The fourth-order valence-electron chi connectivity index (χ4n) is 4.02. The van der Waals surface area contributed by atoms with Gasteiger partial charge in [-0.2, -0.15) is 0 Å². The van der Waals surface area contributed by atoms with Gasteiger partial charge >= 0.3 is 0 Å². The number of allylic oxidation sites excluding steroid dienone is 2. The summed E-state index contributed by atoms with van der Waals surface area (Å²) in [6.07, 6.45) is 0. The predicted molar refractivity (Wildman–Crippen MR) is 131 cm³/mol. The van der Waals surface area contributed by atoms with Crippen LogP contribution >= 0.6 is 81.8 Å². The van der Waals surface area contributed by atoms with E-state index in [2.05, 4.69) is 15.0 Å². The molecule has 1 heterocycles. The van der Waals surface area contributed by atoms with Gasteiger partial charge in [0.2, 0.25) is 4.77 Å². The van der Waals surface area contributed by atoms with Crippen molar-refractivity contribution in [3.63, 3.8) is 0 Å². The van der Waals surface area contributed by atoms with Crippen molar-refractivity contribution >= 4 is 91.9 Å². The lowest BCUT2D eigenvalue weighted by molar-refractivity contribution is 0.771. The maximum absolute atomic E-state index is 6.62. The highest BCUT2D eigenvalue weighted by atomic mass is 35.5. The van der Waals surface area contributed by atoms with E-state index in [-0.39, 0.29) is 4.77 Å². The zero-order valence-corrected chi connectivity index (χ0v) is 20.5. The number of nitrogens with zero attached hydrogens (tertiary/aromatic N) is 2. The molecule has 2 unspecified atom stereocenters. The van der Waals surface area contributed by atoms with Crippen LogP contribution in [-0.2, 0) is 0 Å². The first kappa shape index (κ1) is 21.7. The maximum Gasteiger partial charge on any atom is 0.222 e. The molecule has 0 aliphatic heterocycles. The van der Waals surface area contributed by atoms with Crippen molar-refractivity contribution in [1.29, 1.82) is 0 Å². The molecule has 10 heteroatoms. The minimum atomic E-state index is -0.468. The number of H-pyrrole nitrogens is 1. The SMILES string of the molecule is S=c1nc(C2C(Cl)=C(Cl)c3c(Cl)cccc32)[nH]c(C2C(Cl)=C(Cl)c3c(Cl)cccc32)n1. The first-order valence-corrected chi connectivity index (χ1v) is 11.6. The van der Waals surface area contributed by atoms with E-state index in [0.717, 1.165) is 11.1 Å². The molecular formula is C21H9Cl6N3S. The zero-order chi connectivity index (χ0) is 22.0. The predicted octanol–water partition coefficient (Wildman–Crippen LogP) is 8.42. The van der Waals surface area contributed by atoms with Gasteiger partial charge in [0.15, 0.2) is 0 Å². The highest BCUT2D eigenvalue weighted by molar-refractivity contribution is 7.71. The molecule has 31 heavy (non-hydrogen) atoms. The fourth-order valence-corrected chi connectivity index (χ4v) is 6.13. The third kappa shape index (κ3) is 3.36. The molecule has 1 aromatic heterocycles. The van der Waals surface area contributed by atoms with E-state index in [1.165, 1.54) is 0 Å². The van der Waals surface area contributed by atoms with Crippen LogP contribution in [0.15, 0.2) is 46.5 Å². The average Bonchev–Trinajstić information content (AvgIpc) is 3.13. The lowest BCUT2D eigenvalue weighted by Crippen LogP contribution is -2.12. The second-order valence-electron chi connectivity index (χ2n) is 7.00. The summed E-state index contributed by atoms with van der Waals surface area (Å²) in [5, 5.41) is 2.57. The Hall–Kier alpha value is -1.11. The van der Waals surface area contributed by atoms with Gasteiger partial charge in [-0.25, -0.2) is 9.97 Å². The van der Waals surface area contributed by atoms with Crippen molar-refractivity contribution in [2.75, 3.05) is 0 Å². The minimum absolute atomic E-state index is 0.135. The van der Waals surface area contributed by atoms with Crippen LogP contribution in [0.4, 0.5) is 0 Å². The third-order valence-corrected chi connectivity index (χ3v) is 7.92. The summed E-state index contributed by atoms with van der Waals surface area (Å²) in [5.74, 6) is 0.0278. The Labute approximate surface area is 212 Å². The Kier molecular flexibility index (Phi) is 5.63. The van der Waals surface area contributed by atoms with Gasteiger partial charge in [0.1, 0.15) is 11.6 Å². The largest absolute Gasteiger partial charge is 0.330 e. The Bertz CT molecular complexity index is 1290. The molecule has 0 spiro atoms. The van der Waals surface area contributed by atoms with E-state index in [1.807, 2.05) is 24.3 Å². The van der Waals surface area contributed by atoms with Crippen molar-refractivity contribution in [2.24, 2.45) is 0 Å². The van der Waals surface area contributed by atoms with E-state index in [4.69, 9.17) is 81.8 Å². The number of rotatable bonds is 2. The van der Waals surface area contributed by atoms with E-state index < -0.39 is 11.8 Å². The summed E-state index contributed by atoms with van der Waals surface area (Å²) in [5.41, 5.74) is 3.01. The molecule has 3 aromatic rings. The summed E-state index contributed by atoms with van der Waals surface area (Å²) in [6.45, 7) is 0. The van der Waals surface area contributed by atoms with E-state index in [0.29, 0.717) is 53.0 Å². The number of fused-ring (bicyclic) bond motifs is 2. The van der Waals surface area contributed by atoms with Gasteiger partial charge in [0.05, 0.1) is 32.0 Å². The highest BCUT2D eigenvalue weighted by Gasteiger charge is 2.37. The summed E-state index contributed by atoms with van der Waals surface area (Å²) >= 11 is 44.3. The molecule has 2 aromatic carbocycles. The standard InChI is InChI=1S/C21H9Cl6N3S/c22-9-5-1-3-7-11(9)15(24)17(26)13(7)19-28-20(30-21(31)29-19)14-8-4-2-6-10(23)12(8)16(25)18(14)27/h1-6,13-14H,(H,28,29,30,31). The van der Waals surface area contributed by atoms with Crippen LogP contribution in [0.3, 0.4) is 0 Å². The van der Waals surface area contributed by atoms with Gasteiger partial charge in [-0.15, -0.1) is 0 Å². The topological polar surface area (TPSA) is 41.6 Å². The molecule has 0 saturated heterocycles. The van der Waals surface area contributed by atoms with Crippen LogP contribution in [0.1, 0.15) is 45.7 Å². The fraction of sp³-hybridized carbons (Fsp3) is 0.0952. The number of hydrogen-bond donors (Lipinski definition) is 1.